The Kier molecular flexibility index (Phi) is 4.48. The van der Waals surface area contributed by atoms with Gasteiger partial charge in [0.25, 0.3) is 0 Å². The van der Waals surface area contributed by atoms with E-state index in [1.165, 1.54) is 0 Å². The topological polar surface area (TPSA) is 30.5 Å². The molecule has 0 aliphatic heterocycles. The van der Waals surface area contributed by atoms with Gasteiger partial charge in [-0.25, -0.2) is 0 Å². The third-order valence-electron chi connectivity index (χ3n) is 3.67. The summed E-state index contributed by atoms with van der Waals surface area (Å²) in [7, 11) is 3.32. The number of hydrogen-bond acceptors (Lipinski definition) is 3. The molecule has 0 aromatic heterocycles. The first-order valence-electron chi connectivity index (χ1n) is 7.44. The summed E-state index contributed by atoms with van der Waals surface area (Å²) in [5.41, 5.74) is 4.26. The summed E-state index contributed by atoms with van der Waals surface area (Å²) in [5, 5.41) is 3.38. The lowest BCUT2D eigenvalue weighted by Crippen LogP contribution is -1.92. The van der Waals surface area contributed by atoms with Crippen molar-refractivity contribution >= 4 is 11.4 Å². The first-order valence-corrected chi connectivity index (χ1v) is 7.44. The molecule has 3 aromatic carbocycles. The molecule has 116 valence electrons. The summed E-state index contributed by atoms with van der Waals surface area (Å²) < 4.78 is 10.7. The second kappa shape index (κ2) is 6.88. The Bertz CT molecular complexity index is 767. The van der Waals surface area contributed by atoms with Crippen LogP contribution in [0, 0.1) is 0 Å². The van der Waals surface area contributed by atoms with E-state index >= 15 is 0 Å². The smallest absolute Gasteiger partial charge is 0.130 e. The van der Waals surface area contributed by atoms with E-state index in [1.54, 1.807) is 14.2 Å². The number of methoxy groups -OCH3 is 2. The van der Waals surface area contributed by atoms with Gasteiger partial charge in [-0.05, 0) is 42.0 Å². The van der Waals surface area contributed by atoms with Crippen LogP contribution in [0.25, 0.3) is 11.1 Å². The third-order valence-corrected chi connectivity index (χ3v) is 3.67. The van der Waals surface area contributed by atoms with Crippen molar-refractivity contribution in [2.45, 2.75) is 0 Å². The molecule has 3 aromatic rings. The first-order chi connectivity index (χ1) is 11.3. The van der Waals surface area contributed by atoms with E-state index in [9.17, 15) is 0 Å². The van der Waals surface area contributed by atoms with E-state index in [-0.39, 0.29) is 0 Å². The van der Waals surface area contributed by atoms with Crippen LogP contribution in [-0.2, 0) is 0 Å². The number of para-hydroxylation sites is 1. The summed E-state index contributed by atoms with van der Waals surface area (Å²) in [6.07, 6.45) is 0. The zero-order chi connectivity index (χ0) is 16.1. The number of benzene rings is 3. The van der Waals surface area contributed by atoms with Gasteiger partial charge < -0.3 is 14.8 Å². The molecule has 0 radical (unpaired) electrons. The highest BCUT2D eigenvalue weighted by Gasteiger charge is 2.07. The van der Waals surface area contributed by atoms with Gasteiger partial charge in [0.2, 0.25) is 0 Å². The average Bonchev–Trinajstić information content (AvgIpc) is 2.63. The first kappa shape index (κ1) is 15.0. The molecule has 0 bridgehead atoms. The van der Waals surface area contributed by atoms with Crippen LogP contribution in [0.2, 0.25) is 0 Å². The predicted octanol–water partition coefficient (Wildman–Crippen LogP) is 5.11. The van der Waals surface area contributed by atoms with Crippen LogP contribution < -0.4 is 14.8 Å². The molecule has 3 nitrogen and oxygen atoms in total. The van der Waals surface area contributed by atoms with E-state index in [4.69, 9.17) is 9.47 Å². The molecule has 0 heterocycles. The number of rotatable bonds is 5. The Labute approximate surface area is 136 Å². The lowest BCUT2D eigenvalue weighted by Gasteiger charge is -2.12. The van der Waals surface area contributed by atoms with Gasteiger partial charge in [0, 0.05) is 23.0 Å². The maximum Gasteiger partial charge on any atom is 0.130 e. The van der Waals surface area contributed by atoms with Crippen LogP contribution in [-0.4, -0.2) is 14.2 Å². The van der Waals surface area contributed by atoms with E-state index < -0.39 is 0 Å². The molecule has 0 spiro atoms. The molecular weight excluding hydrogens is 286 g/mol. The van der Waals surface area contributed by atoms with Crippen LogP contribution in [0.5, 0.6) is 11.5 Å². The minimum atomic E-state index is 0.785. The molecule has 0 saturated carbocycles. The van der Waals surface area contributed by atoms with Crippen LogP contribution in [0.1, 0.15) is 0 Å². The van der Waals surface area contributed by atoms with Crippen molar-refractivity contribution in [3.05, 3.63) is 72.8 Å². The Balaban J connectivity index is 1.85. The van der Waals surface area contributed by atoms with Gasteiger partial charge in [0.15, 0.2) is 0 Å². The van der Waals surface area contributed by atoms with Crippen molar-refractivity contribution in [1.29, 1.82) is 0 Å². The Morgan fingerprint density at radius 1 is 0.696 bits per heavy atom. The summed E-state index contributed by atoms with van der Waals surface area (Å²) in [4.78, 5) is 0. The van der Waals surface area contributed by atoms with Crippen LogP contribution in [0.3, 0.4) is 0 Å². The van der Waals surface area contributed by atoms with Gasteiger partial charge in [0.1, 0.15) is 11.5 Å². The highest BCUT2D eigenvalue weighted by molar-refractivity contribution is 5.73. The van der Waals surface area contributed by atoms with Crippen molar-refractivity contribution in [3.63, 3.8) is 0 Å². The van der Waals surface area contributed by atoms with Crippen LogP contribution >= 0.6 is 0 Å². The summed E-state index contributed by atoms with van der Waals surface area (Å²) in [6, 6.07) is 24.2. The highest BCUT2D eigenvalue weighted by Crippen LogP contribution is 2.34. The van der Waals surface area contributed by atoms with Gasteiger partial charge in [0.05, 0.1) is 14.2 Å². The molecule has 0 fully saturated rings. The minimum Gasteiger partial charge on any atom is -0.497 e. The predicted molar refractivity (Wildman–Crippen MR) is 94.7 cm³/mol. The lowest BCUT2D eigenvalue weighted by molar-refractivity contribution is 0.395. The second-order valence-electron chi connectivity index (χ2n) is 5.13. The molecule has 0 aliphatic rings. The number of ether oxygens (including phenoxy) is 2. The number of anilines is 2. The zero-order valence-electron chi connectivity index (χ0n) is 13.2. The van der Waals surface area contributed by atoms with Gasteiger partial charge in [-0.15, -0.1) is 0 Å². The van der Waals surface area contributed by atoms with Crippen molar-refractivity contribution in [3.8, 4) is 22.6 Å². The third kappa shape index (κ3) is 3.46. The molecule has 0 amide bonds. The van der Waals surface area contributed by atoms with E-state index in [1.807, 2.05) is 48.5 Å². The quantitative estimate of drug-likeness (QED) is 0.710. The fourth-order valence-corrected chi connectivity index (χ4v) is 2.46. The average molecular weight is 305 g/mol. The van der Waals surface area contributed by atoms with Crippen molar-refractivity contribution in [1.82, 2.24) is 0 Å². The fraction of sp³-hybridized carbons (Fsp3) is 0.100. The van der Waals surface area contributed by atoms with Crippen LogP contribution in [0.4, 0.5) is 11.4 Å². The molecule has 23 heavy (non-hydrogen) atoms. The Hall–Kier alpha value is -2.94. The molecule has 0 atom stereocenters. The van der Waals surface area contributed by atoms with Gasteiger partial charge >= 0.3 is 0 Å². The molecule has 0 unspecified atom stereocenters. The Morgan fingerprint density at radius 3 is 2.04 bits per heavy atom. The Morgan fingerprint density at radius 2 is 1.39 bits per heavy atom. The fourth-order valence-electron chi connectivity index (χ4n) is 2.46. The SMILES string of the molecule is COc1ccc(-c2ccc(Nc3ccccc3)cc2)c(OC)c1. The molecular formula is C20H19NO2. The molecule has 3 heteroatoms. The van der Waals surface area contributed by atoms with Crippen LogP contribution in [0.15, 0.2) is 72.8 Å². The van der Waals surface area contributed by atoms with Crippen molar-refractivity contribution in [2.75, 3.05) is 19.5 Å². The molecule has 1 N–H and O–H groups in total. The van der Waals surface area contributed by atoms with E-state index in [2.05, 4.69) is 29.6 Å². The standard InChI is InChI=1S/C20H19NO2/c1-22-18-12-13-19(20(14-18)23-2)15-8-10-17(11-9-15)21-16-6-4-3-5-7-16/h3-14,21H,1-2H3. The normalized spacial score (nSPS) is 10.2. The summed E-state index contributed by atoms with van der Waals surface area (Å²) in [5.74, 6) is 1.58. The van der Waals surface area contributed by atoms with Gasteiger partial charge in [-0.1, -0.05) is 30.3 Å². The van der Waals surface area contributed by atoms with Gasteiger partial charge in [-0.2, -0.15) is 0 Å². The van der Waals surface area contributed by atoms with Gasteiger partial charge in [-0.3, -0.25) is 0 Å². The minimum absolute atomic E-state index is 0.785. The maximum absolute atomic E-state index is 5.47. The molecule has 3 rings (SSSR count). The second-order valence-corrected chi connectivity index (χ2v) is 5.13. The largest absolute Gasteiger partial charge is 0.497 e. The van der Waals surface area contributed by atoms with Crippen molar-refractivity contribution < 1.29 is 9.47 Å². The molecule has 0 saturated heterocycles. The lowest BCUT2D eigenvalue weighted by atomic mass is 10.0. The highest BCUT2D eigenvalue weighted by atomic mass is 16.5. The van der Waals surface area contributed by atoms with E-state index in [0.717, 1.165) is 34.0 Å². The number of nitrogens with one attached hydrogen (secondary N) is 1. The maximum atomic E-state index is 5.47. The monoisotopic (exact) mass is 305 g/mol. The van der Waals surface area contributed by atoms with E-state index in [0.29, 0.717) is 0 Å². The molecule has 0 aliphatic carbocycles. The zero-order valence-corrected chi connectivity index (χ0v) is 13.2. The van der Waals surface area contributed by atoms with Crippen molar-refractivity contribution in [2.24, 2.45) is 0 Å². The summed E-state index contributed by atoms with van der Waals surface area (Å²) in [6.45, 7) is 0. The number of hydrogen-bond donors (Lipinski definition) is 1. The summed E-state index contributed by atoms with van der Waals surface area (Å²) >= 11 is 0.